The molecule has 0 aliphatic carbocycles. The van der Waals surface area contributed by atoms with Crippen LogP contribution in [0, 0.1) is 0 Å². The van der Waals surface area contributed by atoms with Gasteiger partial charge in [-0.3, -0.25) is 4.98 Å². The van der Waals surface area contributed by atoms with E-state index in [1.54, 1.807) is 0 Å². The van der Waals surface area contributed by atoms with Crippen LogP contribution in [0.15, 0.2) is 72.9 Å². The molecule has 0 saturated heterocycles. The van der Waals surface area contributed by atoms with Gasteiger partial charge in [0.2, 0.25) is 0 Å². The lowest BCUT2D eigenvalue weighted by molar-refractivity contribution is 1.14. The monoisotopic (exact) mass is 259 g/mol. The summed E-state index contributed by atoms with van der Waals surface area (Å²) < 4.78 is 0. The number of hydrogen-bond donors (Lipinski definition) is 0. The Balaban J connectivity index is 1.98. The molecule has 0 amide bonds. The van der Waals surface area contributed by atoms with Crippen LogP contribution in [0.3, 0.4) is 0 Å². The Labute approximate surface area is 119 Å². The van der Waals surface area contributed by atoms with Crippen molar-refractivity contribution in [2.75, 3.05) is 0 Å². The first-order chi connectivity index (χ1) is 9.88. The van der Waals surface area contributed by atoms with Crippen molar-refractivity contribution in [2.24, 2.45) is 0 Å². The molecule has 0 aliphatic rings. The molecule has 0 radical (unpaired) electrons. The van der Waals surface area contributed by atoms with E-state index < -0.39 is 0 Å². The Morgan fingerprint density at radius 1 is 0.750 bits per heavy atom. The predicted octanol–water partition coefficient (Wildman–Crippen LogP) is 4.98. The van der Waals surface area contributed by atoms with Crippen LogP contribution in [0.5, 0.6) is 0 Å². The Kier molecular flexibility index (Phi) is 3.60. The van der Waals surface area contributed by atoms with Crippen molar-refractivity contribution in [2.45, 2.75) is 13.3 Å². The number of hydrogen-bond acceptors (Lipinski definition) is 1. The molecule has 0 fully saturated rings. The number of aromatic nitrogens is 1. The van der Waals surface area contributed by atoms with Crippen molar-refractivity contribution in [1.29, 1.82) is 0 Å². The minimum atomic E-state index is 1.02. The van der Waals surface area contributed by atoms with Crippen LogP contribution in [0.2, 0.25) is 0 Å². The van der Waals surface area contributed by atoms with E-state index in [1.807, 2.05) is 24.4 Å². The zero-order valence-electron chi connectivity index (χ0n) is 11.6. The van der Waals surface area contributed by atoms with Gasteiger partial charge in [-0.15, -0.1) is 0 Å². The third-order valence-corrected chi connectivity index (χ3v) is 3.54. The SMILES string of the molecule is CCc1ccccc1-c1ccc(-c2ccccc2)nc1. The quantitative estimate of drug-likeness (QED) is 0.646. The normalized spacial score (nSPS) is 10.4. The van der Waals surface area contributed by atoms with Gasteiger partial charge in [0, 0.05) is 17.3 Å². The highest BCUT2D eigenvalue weighted by Crippen LogP contribution is 2.25. The van der Waals surface area contributed by atoms with E-state index >= 15 is 0 Å². The molecule has 3 rings (SSSR count). The number of benzene rings is 2. The first-order valence-corrected chi connectivity index (χ1v) is 6.98. The topological polar surface area (TPSA) is 12.9 Å². The van der Waals surface area contributed by atoms with Crippen molar-refractivity contribution in [3.8, 4) is 22.4 Å². The van der Waals surface area contributed by atoms with Gasteiger partial charge in [-0.1, -0.05) is 67.6 Å². The zero-order chi connectivity index (χ0) is 13.8. The highest BCUT2D eigenvalue weighted by molar-refractivity contribution is 5.69. The summed E-state index contributed by atoms with van der Waals surface area (Å²) in [4.78, 5) is 4.60. The number of nitrogens with zero attached hydrogens (tertiary/aromatic N) is 1. The summed E-state index contributed by atoms with van der Waals surface area (Å²) in [6.45, 7) is 2.19. The lowest BCUT2D eigenvalue weighted by Gasteiger charge is -2.08. The van der Waals surface area contributed by atoms with Crippen LogP contribution in [0.1, 0.15) is 12.5 Å². The maximum atomic E-state index is 4.60. The average molecular weight is 259 g/mol. The fourth-order valence-corrected chi connectivity index (χ4v) is 2.44. The molecule has 1 heteroatoms. The minimum Gasteiger partial charge on any atom is -0.256 e. The fraction of sp³-hybridized carbons (Fsp3) is 0.105. The maximum Gasteiger partial charge on any atom is 0.0702 e. The molecule has 0 saturated carbocycles. The van der Waals surface area contributed by atoms with Crippen LogP contribution < -0.4 is 0 Å². The second-order valence-electron chi connectivity index (χ2n) is 4.81. The largest absolute Gasteiger partial charge is 0.256 e. The number of rotatable bonds is 3. The van der Waals surface area contributed by atoms with Crippen molar-refractivity contribution >= 4 is 0 Å². The highest BCUT2D eigenvalue weighted by atomic mass is 14.7. The molecule has 98 valence electrons. The van der Waals surface area contributed by atoms with Crippen LogP contribution >= 0.6 is 0 Å². The summed E-state index contributed by atoms with van der Waals surface area (Å²) in [6, 6.07) is 23.0. The van der Waals surface area contributed by atoms with Crippen LogP contribution in [-0.2, 0) is 6.42 Å². The van der Waals surface area contributed by atoms with Gasteiger partial charge in [0.15, 0.2) is 0 Å². The molecular formula is C19H17N. The van der Waals surface area contributed by atoms with E-state index in [-0.39, 0.29) is 0 Å². The first kappa shape index (κ1) is 12.6. The van der Waals surface area contributed by atoms with Gasteiger partial charge in [0.05, 0.1) is 5.69 Å². The summed E-state index contributed by atoms with van der Waals surface area (Å²) in [5.74, 6) is 0. The second-order valence-corrected chi connectivity index (χ2v) is 4.81. The Bertz CT molecular complexity index is 684. The third kappa shape index (κ3) is 2.48. The summed E-state index contributed by atoms with van der Waals surface area (Å²) in [5.41, 5.74) is 6.00. The molecule has 0 aliphatic heterocycles. The molecule has 1 aromatic heterocycles. The third-order valence-electron chi connectivity index (χ3n) is 3.54. The average Bonchev–Trinajstić information content (AvgIpc) is 2.56. The van der Waals surface area contributed by atoms with Crippen LogP contribution in [-0.4, -0.2) is 4.98 Å². The molecule has 3 aromatic rings. The Hall–Kier alpha value is -2.41. The van der Waals surface area contributed by atoms with Gasteiger partial charge in [0.1, 0.15) is 0 Å². The van der Waals surface area contributed by atoms with Gasteiger partial charge in [-0.2, -0.15) is 0 Å². The molecule has 0 N–H and O–H groups in total. The number of aryl methyl sites for hydroxylation is 1. The van der Waals surface area contributed by atoms with E-state index in [0.717, 1.165) is 17.7 Å². The van der Waals surface area contributed by atoms with Crippen molar-refractivity contribution in [3.05, 3.63) is 78.5 Å². The molecule has 0 bridgehead atoms. The molecule has 20 heavy (non-hydrogen) atoms. The van der Waals surface area contributed by atoms with E-state index in [1.165, 1.54) is 16.7 Å². The zero-order valence-corrected chi connectivity index (χ0v) is 11.6. The molecule has 1 nitrogen and oxygen atoms in total. The van der Waals surface area contributed by atoms with E-state index in [0.29, 0.717) is 0 Å². The van der Waals surface area contributed by atoms with Gasteiger partial charge < -0.3 is 0 Å². The highest BCUT2D eigenvalue weighted by Gasteiger charge is 2.04. The molecule has 1 heterocycles. The van der Waals surface area contributed by atoms with Crippen LogP contribution in [0.4, 0.5) is 0 Å². The van der Waals surface area contributed by atoms with Gasteiger partial charge in [0.25, 0.3) is 0 Å². The van der Waals surface area contributed by atoms with E-state index in [4.69, 9.17) is 0 Å². The predicted molar refractivity (Wildman–Crippen MR) is 84.5 cm³/mol. The summed E-state index contributed by atoms with van der Waals surface area (Å²) in [7, 11) is 0. The summed E-state index contributed by atoms with van der Waals surface area (Å²) in [5, 5.41) is 0. The molecule has 2 aromatic carbocycles. The summed E-state index contributed by atoms with van der Waals surface area (Å²) in [6.07, 6.45) is 3.01. The first-order valence-electron chi connectivity index (χ1n) is 6.98. The lowest BCUT2D eigenvalue weighted by Crippen LogP contribution is -1.89. The van der Waals surface area contributed by atoms with Crippen molar-refractivity contribution in [1.82, 2.24) is 4.98 Å². The molecular weight excluding hydrogens is 242 g/mol. The Morgan fingerprint density at radius 2 is 1.50 bits per heavy atom. The standard InChI is InChI=1S/C19H17N/c1-2-15-8-6-7-11-18(15)17-12-13-19(20-14-17)16-9-4-3-5-10-16/h3-14H,2H2,1H3. The fourth-order valence-electron chi connectivity index (χ4n) is 2.44. The minimum absolute atomic E-state index is 1.02. The summed E-state index contributed by atoms with van der Waals surface area (Å²) >= 11 is 0. The molecule has 0 unspecified atom stereocenters. The maximum absolute atomic E-state index is 4.60. The molecule has 0 spiro atoms. The van der Waals surface area contributed by atoms with Crippen molar-refractivity contribution < 1.29 is 0 Å². The van der Waals surface area contributed by atoms with Crippen LogP contribution in [0.25, 0.3) is 22.4 Å². The van der Waals surface area contributed by atoms with Gasteiger partial charge in [-0.25, -0.2) is 0 Å². The number of pyridine rings is 1. The smallest absolute Gasteiger partial charge is 0.0702 e. The second kappa shape index (κ2) is 5.70. The lowest BCUT2D eigenvalue weighted by atomic mass is 9.99. The Morgan fingerprint density at radius 3 is 2.20 bits per heavy atom. The molecule has 0 atom stereocenters. The van der Waals surface area contributed by atoms with Gasteiger partial charge in [-0.05, 0) is 23.6 Å². The van der Waals surface area contributed by atoms with E-state index in [2.05, 4.69) is 60.4 Å². The van der Waals surface area contributed by atoms with E-state index in [9.17, 15) is 0 Å². The van der Waals surface area contributed by atoms with Gasteiger partial charge >= 0.3 is 0 Å². The van der Waals surface area contributed by atoms with Crippen molar-refractivity contribution in [3.63, 3.8) is 0 Å².